The molecular formula is C21H25N3O2. The van der Waals surface area contributed by atoms with Gasteiger partial charge in [-0.05, 0) is 49.9 Å². The molecule has 0 spiro atoms. The lowest BCUT2D eigenvalue weighted by atomic mass is 9.96. The second-order valence-electron chi connectivity index (χ2n) is 7.88. The highest BCUT2D eigenvalue weighted by molar-refractivity contribution is 5.96. The van der Waals surface area contributed by atoms with Crippen LogP contribution in [0.5, 0.6) is 0 Å². The standard InChI is InChI=1S/C21H25N3O2/c1-21(2,26)18-9-17(11-22-12-18)14-4-3-5-15(8-14)20(25)24-7-6-16-10-23-13-19(16)24/h3-5,8-9,11-12,16,19,23,26H,6-7,10,13H2,1-2H3/t16-,19+/m1/s1. The molecule has 2 atom stereocenters. The van der Waals surface area contributed by atoms with Crippen molar-refractivity contribution in [2.75, 3.05) is 19.6 Å². The van der Waals surface area contributed by atoms with E-state index in [1.54, 1.807) is 26.2 Å². The van der Waals surface area contributed by atoms with Crippen molar-refractivity contribution < 1.29 is 9.90 Å². The molecule has 0 aliphatic carbocycles. The number of nitrogens with one attached hydrogen (secondary N) is 1. The van der Waals surface area contributed by atoms with E-state index < -0.39 is 5.60 Å². The molecule has 1 aromatic heterocycles. The number of hydrogen-bond acceptors (Lipinski definition) is 4. The molecular weight excluding hydrogens is 326 g/mol. The number of aromatic nitrogens is 1. The first-order chi connectivity index (χ1) is 12.4. The third-order valence-electron chi connectivity index (χ3n) is 5.59. The van der Waals surface area contributed by atoms with Crippen LogP contribution in [0.25, 0.3) is 11.1 Å². The van der Waals surface area contributed by atoms with Crippen molar-refractivity contribution in [2.24, 2.45) is 5.92 Å². The minimum Gasteiger partial charge on any atom is -0.386 e. The van der Waals surface area contributed by atoms with Crippen LogP contribution < -0.4 is 5.32 Å². The number of fused-ring (bicyclic) bond motifs is 1. The summed E-state index contributed by atoms with van der Waals surface area (Å²) in [5.41, 5.74) is 2.36. The van der Waals surface area contributed by atoms with Gasteiger partial charge in [-0.2, -0.15) is 0 Å². The molecule has 5 nitrogen and oxygen atoms in total. The number of nitrogens with zero attached hydrogens (tertiary/aromatic N) is 2. The summed E-state index contributed by atoms with van der Waals surface area (Å²) in [5, 5.41) is 13.6. The molecule has 1 aromatic carbocycles. The van der Waals surface area contributed by atoms with E-state index in [0.717, 1.165) is 42.7 Å². The van der Waals surface area contributed by atoms with E-state index in [1.807, 2.05) is 35.2 Å². The second-order valence-corrected chi connectivity index (χ2v) is 7.88. The molecule has 2 aromatic rings. The molecule has 0 unspecified atom stereocenters. The zero-order valence-corrected chi connectivity index (χ0v) is 15.3. The van der Waals surface area contributed by atoms with Gasteiger partial charge in [0, 0.05) is 54.8 Å². The monoisotopic (exact) mass is 351 g/mol. The van der Waals surface area contributed by atoms with Crippen molar-refractivity contribution in [3.63, 3.8) is 0 Å². The second kappa shape index (κ2) is 6.49. The lowest BCUT2D eigenvalue weighted by Gasteiger charge is -2.23. The van der Waals surface area contributed by atoms with Crippen molar-refractivity contribution >= 4 is 5.91 Å². The molecule has 5 heteroatoms. The van der Waals surface area contributed by atoms with Gasteiger partial charge in [0.05, 0.1) is 5.60 Å². The number of benzene rings is 1. The Labute approximate surface area is 154 Å². The van der Waals surface area contributed by atoms with Crippen LogP contribution in [0.4, 0.5) is 0 Å². The summed E-state index contributed by atoms with van der Waals surface area (Å²) in [6.45, 7) is 6.24. The highest BCUT2D eigenvalue weighted by Crippen LogP contribution is 2.30. The van der Waals surface area contributed by atoms with E-state index in [4.69, 9.17) is 0 Å². The summed E-state index contributed by atoms with van der Waals surface area (Å²) in [5.74, 6) is 0.699. The number of carbonyl (C=O) groups is 1. The van der Waals surface area contributed by atoms with Crippen LogP contribution in [0.15, 0.2) is 42.7 Å². The van der Waals surface area contributed by atoms with Crippen LogP contribution in [0, 0.1) is 5.92 Å². The van der Waals surface area contributed by atoms with Crippen molar-refractivity contribution in [3.05, 3.63) is 53.9 Å². The third kappa shape index (κ3) is 3.13. The molecule has 0 radical (unpaired) electrons. The highest BCUT2D eigenvalue weighted by atomic mass is 16.3. The minimum atomic E-state index is -0.948. The Morgan fingerprint density at radius 1 is 1.23 bits per heavy atom. The first kappa shape index (κ1) is 17.2. The Hall–Kier alpha value is -2.24. The van der Waals surface area contributed by atoms with E-state index in [-0.39, 0.29) is 5.91 Å². The van der Waals surface area contributed by atoms with Gasteiger partial charge in [0.1, 0.15) is 0 Å². The first-order valence-corrected chi connectivity index (χ1v) is 9.23. The number of hydrogen-bond donors (Lipinski definition) is 2. The summed E-state index contributed by atoms with van der Waals surface area (Å²) < 4.78 is 0. The summed E-state index contributed by atoms with van der Waals surface area (Å²) >= 11 is 0. The van der Waals surface area contributed by atoms with E-state index in [9.17, 15) is 9.90 Å². The molecule has 2 N–H and O–H groups in total. The third-order valence-corrected chi connectivity index (χ3v) is 5.59. The largest absolute Gasteiger partial charge is 0.386 e. The van der Waals surface area contributed by atoms with E-state index in [0.29, 0.717) is 17.5 Å². The fourth-order valence-corrected chi connectivity index (χ4v) is 4.03. The van der Waals surface area contributed by atoms with Gasteiger partial charge in [-0.25, -0.2) is 0 Å². The number of pyridine rings is 1. The van der Waals surface area contributed by atoms with Gasteiger partial charge in [-0.3, -0.25) is 9.78 Å². The Morgan fingerprint density at radius 3 is 2.88 bits per heavy atom. The van der Waals surface area contributed by atoms with Gasteiger partial charge in [-0.1, -0.05) is 12.1 Å². The quantitative estimate of drug-likeness (QED) is 0.891. The van der Waals surface area contributed by atoms with Crippen LogP contribution >= 0.6 is 0 Å². The topological polar surface area (TPSA) is 65.5 Å². The van der Waals surface area contributed by atoms with Crippen molar-refractivity contribution in [3.8, 4) is 11.1 Å². The van der Waals surface area contributed by atoms with Gasteiger partial charge < -0.3 is 15.3 Å². The normalized spacial score (nSPS) is 22.5. The number of aliphatic hydroxyl groups is 1. The molecule has 2 saturated heterocycles. The molecule has 4 rings (SSSR count). The van der Waals surface area contributed by atoms with Crippen LogP contribution in [0.2, 0.25) is 0 Å². The van der Waals surface area contributed by atoms with Gasteiger partial charge in [0.25, 0.3) is 5.91 Å². The molecule has 0 saturated carbocycles. The summed E-state index contributed by atoms with van der Waals surface area (Å²) in [6.07, 6.45) is 4.53. The molecule has 136 valence electrons. The Bertz CT molecular complexity index is 828. The van der Waals surface area contributed by atoms with Gasteiger partial charge in [0.2, 0.25) is 0 Å². The Kier molecular flexibility index (Phi) is 4.29. The van der Waals surface area contributed by atoms with Crippen LogP contribution in [-0.2, 0) is 5.60 Å². The number of likely N-dealkylation sites (tertiary alicyclic amines) is 1. The van der Waals surface area contributed by atoms with Crippen LogP contribution in [-0.4, -0.2) is 46.6 Å². The molecule has 2 aliphatic rings. The van der Waals surface area contributed by atoms with Crippen molar-refractivity contribution in [1.29, 1.82) is 0 Å². The first-order valence-electron chi connectivity index (χ1n) is 9.23. The highest BCUT2D eigenvalue weighted by Gasteiger charge is 2.40. The molecule has 26 heavy (non-hydrogen) atoms. The Balaban J connectivity index is 1.62. The number of rotatable bonds is 3. The van der Waals surface area contributed by atoms with Crippen molar-refractivity contribution in [2.45, 2.75) is 31.9 Å². The molecule has 2 fully saturated rings. The fourth-order valence-electron chi connectivity index (χ4n) is 4.03. The molecule has 0 bridgehead atoms. The minimum absolute atomic E-state index is 0.106. The zero-order valence-electron chi connectivity index (χ0n) is 15.3. The van der Waals surface area contributed by atoms with Crippen molar-refractivity contribution in [1.82, 2.24) is 15.2 Å². The molecule has 1 amide bonds. The predicted octanol–water partition coefficient (Wildman–Crippen LogP) is 2.41. The van der Waals surface area contributed by atoms with Gasteiger partial charge in [-0.15, -0.1) is 0 Å². The van der Waals surface area contributed by atoms with E-state index in [2.05, 4.69) is 10.3 Å². The van der Waals surface area contributed by atoms with Crippen LogP contribution in [0.3, 0.4) is 0 Å². The predicted molar refractivity (Wildman–Crippen MR) is 101 cm³/mol. The average Bonchev–Trinajstić information content (AvgIpc) is 3.24. The summed E-state index contributed by atoms with van der Waals surface area (Å²) in [7, 11) is 0. The maximum Gasteiger partial charge on any atom is 0.254 e. The number of carbonyl (C=O) groups excluding carboxylic acids is 1. The molecule has 2 aliphatic heterocycles. The summed E-state index contributed by atoms with van der Waals surface area (Å²) in [4.78, 5) is 19.3. The maximum absolute atomic E-state index is 13.0. The van der Waals surface area contributed by atoms with Crippen LogP contribution in [0.1, 0.15) is 36.2 Å². The van der Waals surface area contributed by atoms with Gasteiger partial charge >= 0.3 is 0 Å². The lowest BCUT2D eigenvalue weighted by Crippen LogP contribution is -2.39. The SMILES string of the molecule is CC(C)(O)c1cncc(-c2cccc(C(=O)N3CC[C@@H]4CNC[C@@H]43)c2)c1. The van der Waals surface area contributed by atoms with E-state index in [1.165, 1.54) is 0 Å². The van der Waals surface area contributed by atoms with Gasteiger partial charge in [0.15, 0.2) is 0 Å². The maximum atomic E-state index is 13.0. The average molecular weight is 351 g/mol. The summed E-state index contributed by atoms with van der Waals surface area (Å²) in [6, 6.07) is 9.97. The number of amides is 1. The zero-order chi connectivity index (χ0) is 18.3. The smallest absolute Gasteiger partial charge is 0.254 e. The van der Waals surface area contributed by atoms with E-state index >= 15 is 0 Å². The Morgan fingerprint density at radius 2 is 2.08 bits per heavy atom. The molecule has 3 heterocycles. The fraction of sp³-hybridized carbons (Fsp3) is 0.429. The lowest BCUT2D eigenvalue weighted by molar-refractivity contribution is 0.0736.